The van der Waals surface area contributed by atoms with Gasteiger partial charge < -0.3 is 20.3 Å². The number of nitrogens with one attached hydrogen (secondary N) is 1. The van der Waals surface area contributed by atoms with Gasteiger partial charge in [-0.25, -0.2) is 4.79 Å². The predicted octanol–water partition coefficient (Wildman–Crippen LogP) is -2.58. The van der Waals surface area contributed by atoms with Crippen molar-refractivity contribution in [2.24, 2.45) is 0 Å². The van der Waals surface area contributed by atoms with E-state index in [-0.39, 0.29) is 6.54 Å². The van der Waals surface area contributed by atoms with E-state index in [1.54, 1.807) is 7.05 Å². The summed E-state index contributed by atoms with van der Waals surface area (Å²) in [6.45, 7) is 0.192. The third kappa shape index (κ3) is 1.85. The quantitative estimate of drug-likeness (QED) is 0.326. The maximum atomic E-state index is 10.8. The minimum Gasteiger partial charge on any atom is -0.452 e. The molecule has 3 N–H and O–H groups in total. The van der Waals surface area contributed by atoms with Crippen LogP contribution in [0.1, 0.15) is 0 Å². The number of esters is 1. The number of ketones is 1. The van der Waals surface area contributed by atoms with Crippen LogP contribution in [0.2, 0.25) is 0 Å². The molecule has 3 unspecified atom stereocenters. The summed E-state index contributed by atoms with van der Waals surface area (Å²) in [5.74, 6) is -2.20. The molecule has 6 heteroatoms. The van der Waals surface area contributed by atoms with E-state index in [1.807, 2.05) is 0 Å². The maximum absolute atomic E-state index is 10.8. The highest BCUT2D eigenvalue weighted by Crippen LogP contribution is 2.12. The zero-order valence-corrected chi connectivity index (χ0v) is 7.06. The van der Waals surface area contributed by atoms with Gasteiger partial charge in [0.15, 0.2) is 6.10 Å². The van der Waals surface area contributed by atoms with Crippen LogP contribution in [0.3, 0.4) is 0 Å². The first kappa shape index (κ1) is 10.1. The molecule has 1 fully saturated rings. The van der Waals surface area contributed by atoms with Gasteiger partial charge in [-0.1, -0.05) is 0 Å². The van der Waals surface area contributed by atoms with Gasteiger partial charge in [-0.3, -0.25) is 4.79 Å². The van der Waals surface area contributed by atoms with E-state index < -0.39 is 30.1 Å². The first-order chi connectivity index (χ1) is 6.07. The van der Waals surface area contributed by atoms with Crippen molar-refractivity contribution in [2.45, 2.75) is 18.3 Å². The van der Waals surface area contributed by atoms with E-state index in [2.05, 4.69) is 10.1 Å². The lowest BCUT2D eigenvalue weighted by molar-refractivity contribution is -0.183. The summed E-state index contributed by atoms with van der Waals surface area (Å²) in [6.07, 6.45) is -3.89. The van der Waals surface area contributed by atoms with Crippen LogP contribution in [0.4, 0.5) is 0 Å². The summed E-state index contributed by atoms with van der Waals surface area (Å²) >= 11 is 0. The normalized spacial score (nSPS) is 34.5. The molecule has 74 valence electrons. The van der Waals surface area contributed by atoms with Crippen LogP contribution in [0.25, 0.3) is 0 Å². The van der Waals surface area contributed by atoms with E-state index >= 15 is 0 Å². The van der Waals surface area contributed by atoms with Crippen molar-refractivity contribution in [3.8, 4) is 0 Å². The van der Waals surface area contributed by atoms with Crippen molar-refractivity contribution in [3.05, 3.63) is 0 Å². The Balaban J connectivity index is 2.70. The molecule has 0 aromatic rings. The molecule has 0 bridgehead atoms. The summed E-state index contributed by atoms with van der Waals surface area (Å²) in [7, 11) is 1.60. The first-order valence-corrected chi connectivity index (χ1v) is 3.83. The van der Waals surface area contributed by atoms with Crippen LogP contribution < -0.4 is 5.32 Å². The van der Waals surface area contributed by atoms with Crippen LogP contribution in [0.5, 0.6) is 0 Å². The highest BCUT2D eigenvalue weighted by molar-refractivity contribution is 6.36. The molecule has 6 nitrogen and oxygen atoms in total. The summed E-state index contributed by atoms with van der Waals surface area (Å²) in [4.78, 5) is 21.5. The van der Waals surface area contributed by atoms with E-state index in [0.717, 1.165) is 0 Å². The van der Waals surface area contributed by atoms with Gasteiger partial charge in [-0.2, -0.15) is 0 Å². The molecule has 1 saturated heterocycles. The fourth-order valence-corrected chi connectivity index (χ4v) is 1.11. The Hall–Kier alpha value is -0.980. The molecular formula is C7H11NO5. The van der Waals surface area contributed by atoms with Crippen molar-refractivity contribution in [2.75, 3.05) is 13.6 Å². The second-order valence-electron chi connectivity index (χ2n) is 2.80. The van der Waals surface area contributed by atoms with Gasteiger partial charge in [0.05, 0.1) is 0 Å². The van der Waals surface area contributed by atoms with Crippen LogP contribution >= 0.6 is 0 Å². The zero-order valence-electron chi connectivity index (χ0n) is 7.06. The van der Waals surface area contributed by atoms with Gasteiger partial charge in [0.25, 0.3) is 5.78 Å². The second kappa shape index (κ2) is 3.82. The molecule has 0 saturated carbocycles. The molecule has 1 aliphatic rings. The topological polar surface area (TPSA) is 95.9 Å². The van der Waals surface area contributed by atoms with Crippen LogP contribution in [0.15, 0.2) is 0 Å². The van der Waals surface area contributed by atoms with Crippen LogP contribution in [-0.2, 0) is 14.3 Å². The number of cyclic esters (lactones) is 1. The summed E-state index contributed by atoms with van der Waals surface area (Å²) in [5, 5.41) is 21.0. The van der Waals surface area contributed by atoms with Crippen molar-refractivity contribution in [1.29, 1.82) is 0 Å². The molecule has 3 atom stereocenters. The molecule has 1 rings (SSSR count). The maximum Gasteiger partial charge on any atom is 0.377 e. The Morgan fingerprint density at radius 2 is 2.08 bits per heavy atom. The minimum absolute atomic E-state index is 0.192. The van der Waals surface area contributed by atoms with Gasteiger partial charge in [-0.15, -0.1) is 0 Å². The number of rotatable bonds is 2. The van der Waals surface area contributed by atoms with Gasteiger partial charge >= 0.3 is 5.97 Å². The van der Waals surface area contributed by atoms with E-state index in [9.17, 15) is 14.7 Å². The van der Waals surface area contributed by atoms with E-state index in [4.69, 9.17) is 5.11 Å². The van der Waals surface area contributed by atoms with Crippen molar-refractivity contribution in [1.82, 2.24) is 5.32 Å². The number of carbonyl (C=O) groups excluding carboxylic acids is 2. The molecule has 0 amide bonds. The predicted molar refractivity (Wildman–Crippen MR) is 40.8 cm³/mol. The number of hydrogen-bond donors (Lipinski definition) is 3. The van der Waals surface area contributed by atoms with Crippen molar-refractivity contribution in [3.63, 3.8) is 0 Å². The fourth-order valence-electron chi connectivity index (χ4n) is 1.11. The molecule has 0 spiro atoms. The number of ether oxygens (including phenoxy) is 1. The number of aliphatic hydroxyl groups is 2. The molecule has 13 heavy (non-hydrogen) atoms. The second-order valence-corrected chi connectivity index (χ2v) is 2.80. The third-order valence-corrected chi connectivity index (χ3v) is 1.84. The van der Waals surface area contributed by atoms with Gasteiger partial charge in [0, 0.05) is 6.54 Å². The number of aliphatic hydroxyl groups excluding tert-OH is 2. The third-order valence-electron chi connectivity index (χ3n) is 1.84. The number of hydrogen-bond acceptors (Lipinski definition) is 6. The molecule has 0 aromatic heterocycles. The number of Topliss-reactive ketones (excluding diaryl/α,β-unsaturated/α-hetero) is 1. The molecular weight excluding hydrogens is 178 g/mol. The summed E-state index contributed by atoms with van der Waals surface area (Å²) in [6, 6.07) is 0. The molecule has 0 aliphatic carbocycles. The lowest BCUT2D eigenvalue weighted by Crippen LogP contribution is -2.55. The lowest BCUT2D eigenvalue weighted by atomic mass is 10.0. The minimum atomic E-state index is -1.67. The van der Waals surface area contributed by atoms with E-state index in [1.165, 1.54) is 0 Å². The SMILES string of the molecule is CNCC1OC(=O)C(=O)C(O)C1O. The average Bonchev–Trinajstić information content (AvgIpc) is 2.11. The fraction of sp³-hybridized carbons (Fsp3) is 0.714. The molecule has 0 radical (unpaired) electrons. The summed E-state index contributed by atoms with van der Waals surface area (Å²) < 4.78 is 4.56. The number of carbonyl (C=O) groups is 2. The van der Waals surface area contributed by atoms with Crippen molar-refractivity contribution >= 4 is 11.8 Å². The standard InChI is InChI=1S/C7H11NO5/c1-8-2-3-4(9)5(10)6(11)7(12)13-3/h3-5,8-10H,2H2,1H3. The van der Waals surface area contributed by atoms with Crippen LogP contribution in [0, 0.1) is 0 Å². The van der Waals surface area contributed by atoms with Gasteiger partial charge in [-0.05, 0) is 7.05 Å². The largest absolute Gasteiger partial charge is 0.452 e. The Morgan fingerprint density at radius 3 is 2.62 bits per heavy atom. The van der Waals surface area contributed by atoms with Gasteiger partial charge in [0.1, 0.15) is 12.2 Å². The highest BCUT2D eigenvalue weighted by atomic mass is 16.6. The molecule has 1 aliphatic heterocycles. The van der Waals surface area contributed by atoms with E-state index in [0.29, 0.717) is 0 Å². The zero-order chi connectivity index (χ0) is 10.0. The monoisotopic (exact) mass is 189 g/mol. The Labute approximate surface area is 74.5 Å². The van der Waals surface area contributed by atoms with Gasteiger partial charge in [0.2, 0.25) is 0 Å². The molecule has 0 aromatic carbocycles. The molecule has 1 heterocycles. The number of likely N-dealkylation sites (N-methyl/N-ethyl adjacent to an activating group) is 1. The van der Waals surface area contributed by atoms with Crippen molar-refractivity contribution < 1.29 is 24.5 Å². The Kier molecular flexibility index (Phi) is 2.97. The van der Waals surface area contributed by atoms with Crippen LogP contribution in [-0.4, -0.2) is 53.9 Å². The smallest absolute Gasteiger partial charge is 0.377 e. The Morgan fingerprint density at radius 1 is 1.46 bits per heavy atom. The highest BCUT2D eigenvalue weighted by Gasteiger charge is 2.42. The average molecular weight is 189 g/mol. The summed E-state index contributed by atoms with van der Waals surface area (Å²) in [5.41, 5.74) is 0. The lowest BCUT2D eigenvalue weighted by Gasteiger charge is -2.29. The Bertz CT molecular complexity index is 229. The first-order valence-electron chi connectivity index (χ1n) is 3.83.